The van der Waals surface area contributed by atoms with Gasteiger partial charge in [-0.25, -0.2) is 4.79 Å². The van der Waals surface area contributed by atoms with Crippen molar-refractivity contribution >= 4 is 12.0 Å². The molecule has 0 aliphatic carbocycles. The Morgan fingerprint density at radius 3 is 2.60 bits per heavy atom. The number of urea groups is 1. The minimum Gasteiger partial charge on any atom is -0.481 e. The topological polar surface area (TPSA) is 78.9 Å². The third-order valence-corrected chi connectivity index (χ3v) is 3.69. The van der Waals surface area contributed by atoms with Crippen molar-refractivity contribution in [1.82, 2.24) is 10.2 Å². The number of piperidine rings is 1. The molecule has 1 aliphatic rings. The van der Waals surface area contributed by atoms with Crippen LogP contribution in [0.5, 0.6) is 0 Å². The third-order valence-electron chi connectivity index (χ3n) is 3.69. The summed E-state index contributed by atoms with van der Waals surface area (Å²) in [5.41, 5.74) is -0.396. The van der Waals surface area contributed by atoms with Gasteiger partial charge in [-0.2, -0.15) is 0 Å². The van der Waals surface area contributed by atoms with E-state index in [0.29, 0.717) is 32.5 Å². The number of carboxylic acid groups (broad SMARTS) is 1. The number of aliphatic carboxylic acids is 1. The normalized spacial score (nSPS) is 23.5. The van der Waals surface area contributed by atoms with E-state index in [0.717, 1.165) is 0 Å². The van der Waals surface area contributed by atoms with Crippen LogP contribution in [0, 0.1) is 5.92 Å². The molecule has 1 saturated heterocycles. The Kier molecular flexibility index (Phi) is 5.80. The Bertz CT molecular complexity index is 357. The average molecular weight is 286 g/mol. The smallest absolute Gasteiger partial charge is 0.317 e. The second-order valence-electron chi connectivity index (χ2n) is 5.95. The second kappa shape index (κ2) is 6.92. The standard InChI is InChI=1S/C14H26N2O4/c1-5-20-14(3,4)9-15-13(19)16-7-6-11(12(17)18)8-10(16)2/h10-11H,5-9H2,1-4H3,(H,15,19)(H,17,18). The molecule has 0 bridgehead atoms. The van der Waals surface area contributed by atoms with Gasteiger partial charge in [0.05, 0.1) is 11.5 Å². The zero-order chi connectivity index (χ0) is 15.3. The summed E-state index contributed by atoms with van der Waals surface area (Å²) >= 11 is 0. The van der Waals surface area contributed by atoms with Crippen LogP contribution in [0.1, 0.15) is 40.5 Å². The SMILES string of the molecule is CCOC(C)(C)CNC(=O)N1CCC(C(=O)O)CC1C. The fourth-order valence-corrected chi connectivity index (χ4v) is 2.53. The maximum Gasteiger partial charge on any atom is 0.317 e. The lowest BCUT2D eigenvalue weighted by Gasteiger charge is -2.37. The summed E-state index contributed by atoms with van der Waals surface area (Å²) in [6.45, 7) is 9.19. The first-order chi connectivity index (χ1) is 9.26. The zero-order valence-corrected chi connectivity index (χ0v) is 12.8. The maximum absolute atomic E-state index is 12.1. The van der Waals surface area contributed by atoms with Crippen molar-refractivity contribution < 1.29 is 19.4 Å². The highest BCUT2D eigenvalue weighted by molar-refractivity contribution is 5.75. The molecular weight excluding hydrogens is 260 g/mol. The molecule has 6 heteroatoms. The van der Waals surface area contributed by atoms with E-state index in [4.69, 9.17) is 9.84 Å². The number of carbonyl (C=O) groups is 2. The number of ether oxygens (including phenoxy) is 1. The van der Waals surface area contributed by atoms with Crippen LogP contribution in [0.15, 0.2) is 0 Å². The summed E-state index contributed by atoms with van der Waals surface area (Å²) in [4.78, 5) is 24.8. The van der Waals surface area contributed by atoms with Gasteiger partial charge in [0.1, 0.15) is 0 Å². The molecule has 6 nitrogen and oxygen atoms in total. The fraction of sp³-hybridized carbons (Fsp3) is 0.857. The molecule has 2 unspecified atom stereocenters. The van der Waals surface area contributed by atoms with E-state index < -0.39 is 11.6 Å². The molecule has 0 radical (unpaired) electrons. The lowest BCUT2D eigenvalue weighted by atomic mass is 9.92. The molecule has 2 N–H and O–H groups in total. The molecule has 0 aromatic carbocycles. The Balaban J connectivity index is 2.47. The van der Waals surface area contributed by atoms with Gasteiger partial charge in [0.2, 0.25) is 0 Å². The molecule has 0 aromatic heterocycles. The molecule has 1 fully saturated rings. The Hall–Kier alpha value is -1.30. The van der Waals surface area contributed by atoms with Crippen molar-refractivity contribution in [1.29, 1.82) is 0 Å². The molecule has 2 amide bonds. The van der Waals surface area contributed by atoms with Gasteiger partial charge in [-0.1, -0.05) is 0 Å². The minimum absolute atomic E-state index is 0.0555. The van der Waals surface area contributed by atoms with Crippen LogP contribution in [-0.2, 0) is 9.53 Å². The summed E-state index contributed by atoms with van der Waals surface area (Å²) in [7, 11) is 0. The van der Waals surface area contributed by atoms with Crippen LogP contribution >= 0.6 is 0 Å². The number of likely N-dealkylation sites (tertiary alicyclic amines) is 1. The van der Waals surface area contributed by atoms with Crippen LogP contribution in [0.2, 0.25) is 0 Å². The van der Waals surface area contributed by atoms with Crippen molar-refractivity contribution in [3.8, 4) is 0 Å². The van der Waals surface area contributed by atoms with E-state index in [2.05, 4.69) is 5.32 Å². The molecule has 0 saturated carbocycles. The first-order valence-electron chi connectivity index (χ1n) is 7.18. The van der Waals surface area contributed by atoms with Crippen LogP contribution in [0.4, 0.5) is 4.79 Å². The monoisotopic (exact) mass is 286 g/mol. The van der Waals surface area contributed by atoms with Crippen LogP contribution in [0.3, 0.4) is 0 Å². The molecule has 1 rings (SSSR count). The van der Waals surface area contributed by atoms with Crippen molar-refractivity contribution in [2.75, 3.05) is 19.7 Å². The quantitative estimate of drug-likeness (QED) is 0.806. The van der Waals surface area contributed by atoms with Gasteiger partial charge in [-0.15, -0.1) is 0 Å². The van der Waals surface area contributed by atoms with Gasteiger partial charge >= 0.3 is 12.0 Å². The van der Waals surface area contributed by atoms with Gasteiger partial charge < -0.3 is 20.1 Å². The highest BCUT2D eigenvalue weighted by Gasteiger charge is 2.32. The van der Waals surface area contributed by atoms with Crippen molar-refractivity contribution in [2.24, 2.45) is 5.92 Å². The first-order valence-corrected chi connectivity index (χ1v) is 7.18. The number of hydrogen-bond acceptors (Lipinski definition) is 3. The number of nitrogens with zero attached hydrogens (tertiary/aromatic N) is 1. The van der Waals surface area contributed by atoms with E-state index in [1.807, 2.05) is 27.7 Å². The lowest BCUT2D eigenvalue weighted by Crippen LogP contribution is -2.52. The molecule has 0 aromatic rings. The van der Waals surface area contributed by atoms with Gasteiger partial charge in [0, 0.05) is 25.7 Å². The summed E-state index contributed by atoms with van der Waals surface area (Å²) in [5.74, 6) is -1.11. The largest absolute Gasteiger partial charge is 0.481 e. The van der Waals surface area contributed by atoms with Crippen LogP contribution < -0.4 is 5.32 Å². The van der Waals surface area contributed by atoms with E-state index in [9.17, 15) is 9.59 Å². The maximum atomic E-state index is 12.1. The van der Waals surface area contributed by atoms with Crippen molar-refractivity contribution in [3.05, 3.63) is 0 Å². The minimum atomic E-state index is -0.769. The molecule has 116 valence electrons. The molecule has 20 heavy (non-hydrogen) atoms. The molecular formula is C14H26N2O4. The highest BCUT2D eigenvalue weighted by atomic mass is 16.5. The molecule has 1 heterocycles. The number of carbonyl (C=O) groups excluding carboxylic acids is 1. The van der Waals surface area contributed by atoms with Gasteiger partial charge in [-0.05, 0) is 40.5 Å². The van der Waals surface area contributed by atoms with Crippen molar-refractivity contribution in [2.45, 2.75) is 52.2 Å². The number of rotatable bonds is 5. The Morgan fingerprint density at radius 2 is 2.10 bits per heavy atom. The molecule has 1 aliphatic heterocycles. The van der Waals surface area contributed by atoms with E-state index >= 15 is 0 Å². The van der Waals surface area contributed by atoms with Crippen LogP contribution in [0.25, 0.3) is 0 Å². The van der Waals surface area contributed by atoms with Crippen molar-refractivity contribution in [3.63, 3.8) is 0 Å². The number of nitrogens with one attached hydrogen (secondary N) is 1. The first kappa shape index (κ1) is 16.8. The summed E-state index contributed by atoms with van der Waals surface area (Å²) in [6.07, 6.45) is 1.03. The van der Waals surface area contributed by atoms with E-state index in [1.54, 1.807) is 4.90 Å². The summed E-state index contributed by atoms with van der Waals surface area (Å²) < 4.78 is 5.53. The van der Waals surface area contributed by atoms with E-state index in [1.165, 1.54) is 0 Å². The second-order valence-corrected chi connectivity index (χ2v) is 5.95. The molecule has 2 atom stereocenters. The van der Waals surface area contributed by atoms with Crippen LogP contribution in [-0.4, -0.2) is 53.3 Å². The predicted octanol–water partition coefficient (Wildman–Crippen LogP) is 1.70. The fourth-order valence-electron chi connectivity index (χ4n) is 2.53. The Labute approximate surface area is 120 Å². The van der Waals surface area contributed by atoms with Gasteiger partial charge in [-0.3, -0.25) is 4.79 Å². The van der Waals surface area contributed by atoms with Gasteiger partial charge in [0.25, 0.3) is 0 Å². The predicted molar refractivity (Wildman–Crippen MR) is 75.6 cm³/mol. The third kappa shape index (κ3) is 4.67. The zero-order valence-electron chi connectivity index (χ0n) is 12.8. The Morgan fingerprint density at radius 1 is 1.45 bits per heavy atom. The lowest BCUT2D eigenvalue weighted by molar-refractivity contribution is -0.143. The van der Waals surface area contributed by atoms with E-state index in [-0.39, 0.29) is 18.0 Å². The highest BCUT2D eigenvalue weighted by Crippen LogP contribution is 2.23. The summed E-state index contributed by atoms with van der Waals surface area (Å²) in [6, 6.07) is -0.200. The van der Waals surface area contributed by atoms with Gasteiger partial charge in [0.15, 0.2) is 0 Å². The number of hydrogen-bond donors (Lipinski definition) is 2. The molecule has 0 spiro atoms. The number of amides is 2. The summed E-state index contributed by atoms with van der Waals surface area (Å²) in [5, 5.41) is 11.9. The average Bonchev–Trinajstić information content (AvgIpc) is 2.35. The number of carboxylic acids is 1.